The first-order chi connectivity index (χ1) is 14.7. The monoisotopic (exact) mass is 431 g/mol. The van der Waals surface area contributed by atoms with Gasteiger partial charge in [-0.15, -0.1) is 0 Å². The fraction of sp³-hybridized carbons (Fsp3) is 1.00. The van der Waals surface area contributed by atoms with Gasteiger partial charge in [-0.25, -0.2) is 0 Å². The molecule has 4 heteroatoms. The van der Waals surface area contributed by atoms with Crippen LogP contribution in [0.1, 0.15) is 78.6 Å². The number of piperidine rings is 2. The Kier molecular flexibility index (Phi) is 4.94. The minimum absolute atomic E-state index is 0.108. The molecule has 0 aromatic heterocycles. The van der Waals surface area contributed by atoms with Crippen molar-refractivity contribution in [1.29, 1.82) is 0 Å². The molecule has 1 unspecified atom stereocenters. The van der Waals surface area contributed by atoms with Gasteiger partial charge in [-0.1, -0.05) is 20.8 Å². The maximum Gasteiger partial charge on any atom is 0.0916 e. The highest BCUT2D eigenvalue weighted by Crippen LogP contribution is 2.67. The fourth-order valence-electron chi connectivity index (χ4n) is 10.9. The lowest BCUT2D eigenvalue weighted by Gasteiger charge is -2.63. The Hall–Kier alpha value is -0.160. The van der Waals surface area contributed by atoms with Crippen LogP contribution in [0.15, 0.2) is 0 Å². The number of hydroxylamine groups is 3. The Bertz CT molecular complexity index is 715. The summed E-state index contributed by atoms with van der Waals surface area (Å²) in [4.78, 5) is 0. The summed E-state index contributed by atoms with van der Waals surface area (Å²) in [7, 11) is 0. The third kappa shape index (κ3) is 3.00. The lowest BCUT2D eigenvalue weighted by Crippen LogP contribution is -2.67. The number of rotatable bonds is 0. The third-order valence-electron chi connectivity index (χ3n) is 12.3. The van der Waals surface area contributed by atoms with E-state index in [2.05, 4.69) is 20.8 Å². The number of hydrogen-bond donors (Lipinski definition) is 2. The first kappa shape index (κ1) is 21.4. The van der Waals surface area contributed by atoms with Gasteiger partial charge in [-0.3, -0.25) is 0 Å². The van der Waals surface area contributed by atoms with Crippen molar-refractivity contribution in [3.05, 3.63) is 5.21 Å². The van der Waals surface area contributed by atoms with Crippen LogP contribution in [0, 0.1) is 63.9 Å². The second-order valence-electron chi connectivity index (χ2n) is 13.5. The van der Waals surface area contributed by atoms with Crippen LogP contribution < -0.4 is 0 Å². The number of aliphatic hydroxyl groups excluding tert-OH is 2. The van der Waals surface area contributed by atoms with Gasteiger partial charge < -0.3 is 20.1 Å². The summed E-state index contributed by atoms with van der Waals surface area (Å²) < 4.78 is 0.108. The molecule has 31 heavy (non-hydrogen) atoms. The van der Waals surface area contributed by atoms with Crippen molar-refractivity contribution in [3.63, 3.8) is 0 Å². The van der Waals surface area contributed by atoms with Gasteiger partial charge in [0.25, 0.3) is 0 Å². The molecule has 0 spiro atoms. The SMILES string of the molecule is C[C@@H]1CC[C@H]2[C@H](C)[C@H]3CC[C@@H]4[C@@H](C[C@H]5[C@H]4C[C@H](O)[C@H]4C[C@@H](O)CC[C@@]45C)[C@H]3C[N+]2([O-])C1. The average Bonchev–Trinajstić information content (AvgIpc) is 3.09. The van der Waals surface area contributed by atoms with E-state index in [0.29, 0.717) is 41.5 Å². The van der Waals surface area contributed by atoms with Crippen molar-refractivity contribution in [3.8, 4) is 0 Å². The molecule has 4 nitrogen and oxygen atoms in total. The molecular weight excluding hydrogens is 386 g/mol. The first-order valence-corrected chi connectivity index (χ1v) is 13.6. The molecule has 6 aliphatic rings. The molecule has 0 radical (unpaired) electrons. The zero-order chi connectivity index (χ0) is 21.7. The van der Waals surface area contributed by atoms with Gasteiger partial charge in [0.1, 0.15) is 0 Å². The van der Waals surface area contributed by atoms with Crippen LogP contribution in [0.5, 0.6) is 0 Å². The van der Waals surface area contributed by atoms with E-state index in [4.69, 9.17) is 0 Å². The Morgan fingerprint density at radius 3 is 2.35 bits per heavy atom. The number of quaternary nitrogens is 1. The molecule has 2 N–H and O–H groups in total. The van der Waals surface area contributed by atoms with E-state index in [1.807, 2.05) is 0 Å². The minimum Gasteiger partial charge on any atom is -0.633 e. The second kappa shape index (κ2) is 7.17. The molecule has 2 saturated heterocycles. The number of nitrogens with zero attached hydrogens (tertiary/aromatic N) is 1. The maximum absolute atomic E-state index is 14.1. The van der Waals surface area contributed by atoms with Crippen LogP contribution in [-0.4, -0.2) is 46.2 Å². The molecule has 14 atom stereocenters. The van der Waals surface area contributed by atoms with Crippen LogP contribution in [0.3, 0.4) is 0 Å². The summed E-state index contributed by atoms with van der Waals surface area (Å²) in [6.07, 6.45) is 9.57. The highest BCUT2D eigenvalue weighted by Gasteiger charge is 2.63. The molecule has 0 aromatic rings. The van der Waals surface area contributed by atoms with Crippen molar-refractivity contribution in [2.45, 2.75) is 96.8 Å². The van der Waals surface area contributed by atoms with E-state index in [-0.39, 0.29) is 28.2 Å². The van der Waals surface area contributed by atoms with E-state index in [0.717, 1.165) is 57.0 Å². The first-order valence-electron chi connectivity index (χ1n) is 13.6. The molecule has 6 fully saturated rings. The van der Waals surface area contributed by atoms with Crippen molar-refractivity contribution in [2.24, 2.45) is 58.7 Å². The quantitative estimate of drug-likeness (QED) is 0.436. The van der Waals surface area contributed by atoms with Gasteiger partial charge in [0.05, 0.1) is 31.3 Å². The van der Waals surface area contributed by atoms with Gasteiger partial charge in [0, 0.05) is 24.2 Å². The minimum atomic E-state index is -0.242. The second-order valence-corrected chi connectivity index (χ2v) is 13.5. The van der Waals surface area contributed by atoms with Gasteiger partial charge in [0.15, 0.2) is 0 Å². The molecule has 4 saturated carbocycles. The van der Waals surface area contributed by atoms with Crippen LogP contribution in [0.25, 0.3) is 0 Å². The molecular formula is C27H45NO3. The summed E-state index contributed by atoms with van der Waals surface area (Å²) in [5.41, 5.74) is 0.181. The summed E-state index contributed by atoms with van der Waals surface area (Å²) in [6, 6.07) is 0.348. The van der Waals surface area contributed by atoms with Gasteiger partial charge >= 0.3 is 0 Å². The predicted molar refractivity (Wildman–Crippen MR) is 122 cm³/mol. The molecule has 4 aliphatic carbocycles. The molecule has 2 aliphatic heterocycles. The van der Waals surface area contributed by atoms with Crippen LogP contribution in [0.2, 0.25) is 0 Å². The van der Waals surface area contributed by atoms with Crippen molar-refractivity contribution in [2.75, 3.05) is 13.1 Å². The Morgan fingerprint density at radius 2 is 1.55 bits per heavy atom. The predicted octanol–water partition coefficient (Wildman–Crippen LogP) is 4.58. The lowest BCUT2D eigenvalue weighted by atomic mass is 9.51. The Balaban J connectivity index is 1.30. The highest BCUT2D eigenvalue weighted by atomic mass is 16.5. The highest BCUT2D eigenvalue weighted by molar-refractivity contribution is 5.11. The number of hydrogen-bond acceptors (Lipinski definition) is 3. The van der Waals surface area contributed by atoms with E-state index < -0.39 is 0 Å². The van der Waals surface area contributed by atoms with E-state index in [1.54, 1.807) is 0 Å². The number of fused-ring (bicyclic) bond motifs is 8. The average molecular weight is 432 g/mol. The largest absolute Gasteiger partial charge is 0.633 e. The fourth-order valence-corrected chi connectivity index (χ4v) is 10.9. The lowest BCUT2D eigenvalue weighted by molar-refractivity contribution is -0.929. The van der Waals surface area contributed by atoms with E-state index in [9.17, 15) is 15.4 Å². The van der Waals surface area contributed by atoms with Gasteiger partial charge in [-0.05, 0) is 92.3 Å². The van der Waals surface area contributed by atoms with E-state index >= 15 is 0 Å². The van der Waals surface area contributed by atoms with E-state index in [1.165, 1.54) is 25.7 Å². The molecule has 2 heterocycles. The summed E-state index contributed by atoms with van der Waals surface area (Å²) in [5, 5.41) is 35.6. The van der Waals surface area contributed by atoms with Crippen molar-refractivity contribution in [1.82, 2.24) is 0 Å². The molecule has 6 rings (SSSR count). The normalized spacial score (nSPS) is 63.3. The molecule has 0 amide bonds. The zero-order valence-corrected chi connectivity index (χ0v) is 20.0. The summed E-state index contributed by atoms with van der Waals surface area (Å²) >= 11 is 0. The Labute approximate surface area is 188 Å². The smallest absolute Gasteiger partial charge is 0.0916 e. The standard InChI is InChI=1S/C27H45NO3/c1-15-4-7-25-16(2)18-5-6-19-20(22(18)14-28(25,31)13-15)11-23-21(19)12-26(30)24-10-17(29)8-9-27(23,24)3/h15-26,29-30H,4-14H2,1-3H3/t15-,16-,17+,18-,19-,20-,21+,22+,23+,24-,25+,26+,27-,28?/m1/s1. The zero-order valence-electron chi connectivity index (χ0n) is 20.0. The van der Waals surface area contributed by atoms with Crippen LogP contribution in [0.4, 0.5) is 0 Å². The van der Waals surface area contributed by atoms with Gasteiger partial charge in [-0.2, -0.15) is 0 Å². The maximum atomic E-state index is 14.1. The van der Waals surface area contributed by atoms with Crippen molar-refractivity contribution >= 4 is 0 Å². The Morgan fingerprint density at radius 1 is 0.774 bits per heavy atom. The molecule has 0 bridgehead atoms. The van der Waals surface area contributed by atoms with Crippen LogP contribution >= 0.6 is 0 Å². The topological polar surface area (TPSA) is 63.5 Å². The summed E-state index contributed by atoms with van der Waals surface area (Å²) in [6.45, 7) is 8.89. The number of aliphatic hydroxyl groups is 2. The van der Waals surface area contributed by atoms with Crippen LogP contribution in [-0.2, 0) is 0 Å². The third-order valence-corrected chi connectivity index (χ3v) is 12.3. The molecule has 0 aromatic carbocycles. The van der Waals surface area contributed by atoms with Gasteiger partial charge in [0.2, 0.25) is 0 Å². The molecule has 176 valence electrons. The van der Waals surface area contributed by atoms with Crippen molar-refractivity contribution < 1.29 is 14.9 Å². The summed E-state index contributed by atoms with van der Waals surface area (Å²) in [5.74, 6) is 5.53.